The van der Waals surface area contributed by atoms with Gasteiger partial charge in [0.05, 0.1) is 17.1 Å². The van der Waals surface area contributed by atoms with E-state index in [1.165, 1.54) is 19.2 Å². The van der Waals surface area contributed by atoms with Gasteiger partial charge in [0, 0.05) is 16.7 Å². The summed E-state index contributed by atoms with van der Waals surface area (Å²) in [5.41, 5.74) is -0.0509. The third-order valence-electron chi connectivity index (χ3n) is 1.64. The molecule has 80 valence electrons. The smallest absolute Gasteiger partial charge is 0.262 e. The molecule has 0 heterocycles. The van der Waals surface area contributed by atoms with Crippen LogP contribution in [0.1, 0.15) is 5.56 Å². The monoisotopic (exact) mass is 309 g/mol. The molecule has 0 aliphatic carbocycles. The number of methoxy groups -OCH3 is 1. The molecule has 0 aliphatic rings. The normalized spacial score (nSPS) is 10.8. The van der Waals surface area contributed by atoms with Crippen molar-refractivity contribution < 1.29 is 13.2 Å². The molecule has 0 aliphatic heterocycles. The number of nitrogens with zero attached hydrogens (tertiary/aromatic N) is 1. The number of hydrogen-bond donors (Lipinski definition) is 0. The standard InChI is InChI=1S/C8H5BrClNO3S/c1-14-7-2-5(4-11)8(3-6(7)9)15(10,12)13/h2-3H,1H3. The first-order valence-electron chi connectivity index (χ1n) is 3.62. The van der Waals surface area contributed by atoms with Crippen LogP contribution in [-0.2, 0) is 9.05 Å². The SMILES string of the molecule is COc1cc(C#N)c(S(=O)(=O)Cl)cc1Br. The van der Waals surface area contributed by atoms with Crippen molar-refractivity contribution in [3.63, 3.8) is 0 Å². The number of nitriles is 1. The molecule has 15 heavy (non-hydrogen) atoms. The van der Waals surface area contributed by atoms with E-state index in [1.807, 2.05) is 0 Å². The average Bonchev–Trinajstić information content (AvgIpc) is 2.16. The number of rotatable bonds is 2. The molecule has 0 spiro atoms. The fourth-order valence-corrected chi connectivity index (χ4v) is 2.65. The zero-order chi connectivity index (χ0) is 11.6. The average molecular weight is 311 g/mol. The van der Waals surface area contributed by atoms with Gasteiger partial charge in [0.15, 0.2) is 0 Å². The summed E-state index contributed by atoms with van der Waals surface area (Å²) < 4.78 is 27.6. The molecule has 0 amide bonds. The van der Waals surface area contributed by atoms with Gasteiger partial charge < -0.3 is 4.74 Å². The zero-order valence-electron chi connectivity index (χ0n) is 7.49. The Balaban J connectivity index is 3.57. The van der Waals surface area contributed by atoms with Crippen LogP contribution >= 0.6 is 26.6 Å². The maximum Gasteiger partial charge on any atom is 0.262 e. The Bertz CT molecular complexity index is 536. The third-order valence-corrected chi connectivity index (χ3v) is 3.62. The van der Waals surface area contributed by atoms with Crippen LogP contribution in [0.5, 0.6) is 5.75 Å². The minimum atomic E-state index is -3.93. The Labute approximate surface area is 100.0 Å². The first-order valence-corrected chi connectivity index (χ1v) is 6.72. The molecule has 0 N–H and O–H groups in total. The van der Waals surface area contributed by atoms with Gasteiger partial charge in [0.1, 0.15) is 16.7 Å². The van der Waals surface area contributed by atoms with Gasteiger partial charge in [0.25, 0.3) is 9.05 Å². The topological polar surface area (TPSA) is 67.2 Å². The molecule has 0 radical (unpaired) electrons. The minimum absolute atomic E-state index is 0.0509. The quantitative estimate of drug-likeness (QED) is 0.786. The summed E-state index contributed by atoms with van der Waals surface area (Å²) in [5, 5.41) is 8.75. The van der Waals surface area contributed by atoms with Crippen LogP contribution in [0.4, 0.5) is 0 Å². The molecule has 7 heteroatoms. The van der Waals surface area contributed by atoms with E-state index in [2.05, 4.69) is 15.9 Å². The van der Waals surface area contributed by atoms with Gasteiger partial charge in [0.2, 0.25) is 0 Å². The van der Waals surface area contributed by atoms with Crippen molar-refractivity contribution >= 4 is 35.7 Å². The van der Waals surface area contributed by atoms with E-state index in [-0.39, 0.29) is 10.5 Å². The Morgan fingerprint density at radius 1 is 1.53 bits per heavy atom. The Kier molecular flexibility index (Phi) is 3.60. The van der Waals surface area contributed by atoms with Crippen LogP contribution in [-0.4, -0.2) is 15.5 Å². The van der Waals surface area contributed by atoms with Crippen LogP contribution in [0.25, 0.3) is 0 Å². The maximum absolute atomic E-state index is 11.1. The fraction of sp³-hybridized carbons (Fsp3) is 0.125. The number of halogens is 2. The van der Waals surface area contributed by atoms with Crippen molar-refractivity contribution in [3.05, 3.63) is 22.2 Å². The number of ether oxygens (including phenoxy) is 1. The summed E-state index contributed by atoms with van der Waals surface area (Å²) in [4.78, 5) is -0.237. The Hall–Kier alpha value is -0.770. The summed E-state index contributed by atoms with van der Waals surface area (Å²) in [7, 11) is 2.65. The highest BCUT2D eigenvalue weighted by Crippen LogP contribution is 2.31. The second-order valence-electron chi connectivity index (χ2n) is 2.53. The van der Waals surface area contributed by atoms with E-state index in [9.17, 15) is 8.42 Å². The molecule has 0 bridgehead atoms. The summed E-state index contributed by atoms with van der Waals surface area (Å²) >= 11 is 3.11. The summed E-state index contributed by atoms with van der Waals surface area (Å²) in [6.07, 6.45) is 0. The Morgan fingerprint density at radius 2 is 2.13 bits per heavy atom. The van der Waals surface area contributed by atoms with Crippen molar-refractivity contribution in [2.24, 2.45) is 0 Å². The van der Waals surface area contributed by atoms with Crippen molar-refractivity contribution in [1.82, 2.24) is 0 Å². The lowest BCUT2D eigenvalue weighted by atomic mass is 10.2. The molecular formula is C8H5BrClNO3S. The predicted molar refractivity (Wildman–Crippen MR) is 58.4 cm³/mol. The van der Waals surface area contributed by atoms with E-state index in [1.54, 1.807) is 6.07 Å². The highest BCUT2D eigenvalue weighted by atomic mass is 79.9. The second kappa shape index (κ2) is 4.39. The molecule has 1 aromatic rings. The van der Waals surface area contributed by atoms with Gasteiger partial charge in [-0.15, -0.1) is 0 Å². The summed E-state index contributed by atoms with van der Waals surface area (Å²) in [5.74, 6) is 0.371. The summed E-state index contributed by atoms with van der Waals surface area (Å²) in [6, 6.07) is 4.28. The molecule has 1 aromatic carbocycles. The van der Waals surface area contributed by atoms with E-state index < -0.39 is 9.05 Å². The largest absolute Gasteiger partial charge is 0.496 e. The lowest BCUT2D eigenvalue weighted by molar-refractivity contribution is 0.411. The van der Waals surface area contributed by atoms with Crippen LogP contribution in [0.2, 0.25) is 0 Å². The van der Waals surface area contributed by atoms with Crippen molar-refractivity contribution in [3.8, 4) is 11.8 Å². The maximum atomic E-state index is 11.1. The molecule has 0 unspecified atom stereocenters. The van der Waals surface area contributed by atoms with Gasteiger partial charge in [-0.3, -0.25) is 0 Å². The highest BCUT2D eigenvalue weighted by molar-refractivity contribution is 9.10. The first-order chi connectivity index (χ1) is 6.90. The number of benzene rings is 1. The number of hydrogen-bond acceptors (Lipinski definition) is 4. The molecule has 1 rings (SSSR count). The zero-order valence-corrected chi connectivity index (χ0v) is 10.6. The molecule has 4 nitrogen and oxygen atoms in total. The van der Waals surface area contributed by atoms with Crippen molar-refractivity contribution in [2.45, 2.75) is 4.90 Å². The lowest BCUT2D eigenvalue weighted by Gasteiger charge is -2.06. The van der Waals surface area contributed by atoms with E-state index in [0.29, 0.717) is 10.2 Å². The van der Waals surface area contributed by atoms with Crippen molar-refractivity contribution in [2.75, 3.05) is 7.11 Å². The summed E-state index contributed by atoms with van der Waals surface area (Å²) in [6.45, 7) is 0. The van der Waals surface area contributed by atoms with Crippen LogP contribution in [0.15, 0.2) is 21.5 Å². The molecular weight excluding hydrogens is 306 g/mol. The van der Waals surface area contributed by atoms with Crippen LogP contribution in [0, 0.1) is 11.3 Å². The predicted octanol–water partition coefficient (Wildman–Crippen LogP) is 2.26. The van der Waals surface area contributed by atoms with Gasteiger partial charge in [-0.2, -0.15) is 5.26 Å². The highest BCUT2D eigenvalue weighted by Gasteiger charge is 2.18. The van der Waals surface area contributed by atoms with Crippen LogP contribution < -0.4 is 4.74 Å². The minimum Gasteiger partial charge on any atom is -0.496 e. The molecule has 0 saturated heterocycles. The fourth-order valence-electron chi connectivity index (χ4n) is 0.981. The van der Waals surface area contributed by atoms with Gasteiger partial charge in [-0.05, 0) is 22.0 Å². The molecule has 0 fully saturated rings. The molecule has 0 atom stereocenters. The van der Waals surface area contributed by atoms with E-state index in [0.717, 1.165) is 0 Å². The lowest BCUT2D eigenvalue weighted by Crippen LogP contribution is -1.97. The van der Waals surface area contributed by atoms with Gasteiger partial charge in [-0.1, -0.05) is 0 Å². The van der Waals surface area contributed by atoms with E-state index in [4.69, 9.17) is 20.7 Å². The molecule has 0 aromatic heterocycles. The second-order valence-corrected chi connectivity index (χ2v) is 5.92. The van der Waals surface area contributed by atoms with Crippen molar-refractivity contribution in [1.29, 1.82) is 5.26 Å². The first kappa shape index (κ1) is 12.3. The van der Waals surface area contributed by atoms with Crippen LogP contribution in [0.3, 0.4) is 0 Å². The third kappa shape index (κ3) is 2.62. The van der Waals surface area contributed by atoms with E-state index >= 15 is 0 Å². The van der Waals surface area contributed by atoms with Gasteiger partial charge >= 0.3 is 0 Å². The Morgan fingerprint density at radius 3 is 2.53 bits per heavy atom. The molecule has 0 saturated carbocycles. The van der Waals surface area contributed by atoms with Gasteiger partial charge in [-0.25, -0.2) is 8.42 Å².